The molecular weight excluding hydrogens is 444 g/mol. The van der Waals surface area contributed by atoms with Gasteiger partial charge in [-0.15, -0.1) is 0 Å². The minimum atomic E-state index is -3.53. The molecule has 9 heteroatoms. The highest BCUT2D eigenvalue weighted by molar-refractivity contribution is 7.89. The van der Waals surface area contributed by atoms with Crippen LogP contribution in [0.2, 0.25) is 0 Å². The Balaban J connectivity index is 1.63. The number of sulfonamides is 1. The highest BCUT2D eigenvalue weighted by atomic mass is 32.2. The molecule has 0 aliphatic carbocycles. The Hall–Kier alpha value is -2.78. The van der Waals surface area contributed by atoms with E-state index < -0.39 is 10.0 Å². The molecule has 2 aromatic carbocycles. The molecule has 3 rings (SSSR count). The van der Waals surface area contributed by atoms with Crippen LogP contribution < -0.4 is 19.5 Å². The molecule has 0 atom stereocenters. The van der Waals surface area contributed by atoms with Gasteiger partial charge in [0.05, 0.1) is 25.7 Å². The van der Waals surface area contributed by atoms with Crippen molar-refractivity contribution in [2.45, 2.75) is 44.0 Å². The standard InChI is InChI=1S/C24H32N2O6S/c1-4-32-23-15-18(7-10-22(23)31-3)17-25-24(27)12-8-19-16-20(9-11-21(19)30-2)33(28,29)26-13-5-6-14-26/h7,9-11,15-16H,4-6,8,12-14,17H2,1-3H3,(H,25,27). The van der Waals surface area contributed by atoms with Crippen LogP contribution in [0.15, 0.2) is 41.3 Å². The normalized spacial score (nSPS) is 14.2. The van der Waals surface area contributed by atoms with E-state index in [2.05, 4.69) is 5.32 Å². The number of ether oxygens (including phenoxy) is 3. The van der Waals surface area contributed by atoms with E-state index in [1.54, 1.807) is 25.3 Å². The third-order valence-electron chi connectivity index (χ3n) is 5.59. The van der Waals surface area contributed by atoms with Gasteiger partial charge in [-0.1, -0.05) is 6.07 Å². The number of benzene rings is 2. The summed E-state index contributed by atoms with van der Waals surface area (Å²) >= 11 is 0. The second kappa shape index (κ2) is 11.4. The van der Waals surface area contributed by atoms with Crippen molar-refractivity contribution in [2.24, 2.45) is 0 Å². The minimum Gasteiger partial charge on any atom is -0.496 e. The summed E-state index contributed by atoms with van der Waals surface area (Å²) in [6, 6.07) is 10.4. The zero-order chi connectivity index (χ0) is 23.8. The average Bonchev–Trinajstić information content (AvgIpc) is 3.37. The predicted molar refractivity (Wildman–Crippen MR) is 125 cm³/mol. The molecule has 1 amide bonds. The van der Waals surface area contributed by atoms with Gasteiger partial charge in [-0.05, 0) is 67.6 Å². The third kappa shape index (κ3) is 6.17. The first-order chi connectivity index (χ1) is 15.9. The molecule has 180 valence electrons. The Morgan fingerprint density at radius 1 is 1.00 bits per heavy atom. The molecule has 1 N–H and O–H groups in total. The van der Waals surface area contributed by atoms with Crippen molar-refractivity contribution in [3.63, 3.8) is 0 Å². The first-order valence-corrected chi connectivity index (χ1v) is 12.6. The summed E-state index contributed by atoms with van der Waals surface area (Å²) in [5.41, 5.74) is 1.58. The topological polar surface area (TPSA) is 94.2 Å². The van der Waals surface area contributed by atoms with Gasteiger partial charge in [0.2, 0.25) is 15.9 Å². The molecule has 0 unspecified atom stereocenters. The lowest BCUT2D eigenvalue weighted by molar-refractivity contribution is -0.121. The summed E-state index contributed by atoms with van der Waals surface area (Å²) < 4.78 is 43.5. The number of nitrogens with one attached hydrogen (secondary N) is 1. The van der Waals surface area contributed by atoms with Gasteiger partial charge in [-0.2, -0.15) is 4.31 Å². The van der Waals surface area contributed by atoms with Gasteiger partial charge in [0, 0.05) is 26.1 Å². The SMILES string of the molecule is CCOc1cc(CNC(=O)CCc2cc(S(=O)(=O)N3CCCC3)ccc2OC)ccc1OC. The van der Waals surface area contributed by atoms with E-state index in [1.807, 2.05) is 25.1 Å². The molecule has 0 aromatic heterocycles. The quantitative estimate of drug-likeness (QED) is 0.536. The van der Waals surface area contributed by atoms with E-state index in [1.165, 1.54) is 11.4 Å². The maximum atomic E-state index is 12.9. The summed E-state index contributed by atoms with van der Waals surface area (Å²) in [6.45, 7) is 3.85. The van der Waals surface area contributed by atoms with Crippen LogP contribution in [-0.2, 0) is 27.8 Å². The zero-order valence-electron chi connectivity index (χ0n) is 19.4. The second-order valence-corrected chi connectivity index (χ2v) is 9.72. The van der Waals surface area contributed by atoms with Gasteiger partial charge in [-0.25, -0.2) is 8.42 Å². The largest absolute Gasteiger partial charge is 0.496 e. The summed E-state index contributed by atoms with van der Waals surface area (Å²) in [7, 11) is -0.413. The molecule has 1 heterocycles. The minimum absolute atomic E-state index is 0.140. The Bertz CT molecular complexity index is 1060. The first-order valence-electron chi connectivity index (χ1n) is 11.1. The molecule has 0 spiro atoms. The van der Waals surface area contributed by atoms with Crippen LogP contribution in [0.5, 0.6) is 17.2 Å². The lowest BCUT2D eigenvalue weighted by Gasteiger charge is -2.17. The van der Waals surface area contributed by atoms with E-state index in [9.17, 15) is 13.2 Å². The average molecular weight is 477 g/mol. The number of carbonyl (C=O) groups excluding carboxylic acids is 1. The maximum Gasteiger partial charge on any atom is 0.243 e. The van der Waals surface area contributed by atoms with E-state index in [0.717, 1.165) is 18.4 Å². The number of hydrogen-bond donors (Lipinski definition) is 1. The Morgan fingerprint density at radius 3 is 2.36 bits per heavy atom. The van der Waals surface area contributed by atoms with Crippen LogP contribution in [0.1, 0.15) is 37.3 Å². The van der Waals surface area contributed by atoms with Crippen LogP contribution in [0.25, 0.3) is 0 Å². The number of carbonyl (C=O) groups is 1. The van der Waals surface area contributed by atoms with Crippen molar-refractivity contribution in [2.75, 3.05) is 33.9 Å². The van der Waals surface area contributed by atoms with Crippen molar-refractivity contribution in [3.8, 4) is 17.2 Å². The number of hydrogen-bond acceptors (Lipinski definition) is 6. The maximum absolute atomic E-state index is 12.9. The Kier molecular flexibility index (Phi) is 8.57. The van der Waals surface area contributed by atoms with E-state index in [-0.39, 0.29) is 17.2 Å². The van der Waals surface area contributed by atoms with E-state index >= 15 is 0 Å². The third-order valence-corrected chi connectivity index (χ3v) is 7.49. The van der Waals surface area contributed by atoms with E-state index in [4.69, 9.17) is 14.2 Å². The van der Waals surface area contributed by atoms with Crippen molar-refractivity contribution < 1.29 is 27.4 Å². The number of rotatable bonds is 11. The fourth-order valence-electron chi connectivity index (χ4n) is 3.82. The Morgan fingerprint density at radius 2 is 1.70 bits per heavy atom. The van der Waals surface area contributed by atoms with Crippen LogP contribution in [0, 0.1) is 0 Å². The highest BCUT2D eigenvalue weighted by Crippen LogP contribution is 2.29. The van der Waals surface area contributed by atoms with Crippen LogP contribution >= 0.6 is 0 Å². The zero-order valence-corrected chi connectivity index (χ0v) is 20.2. The van der Waals surface area contributed by atoms with Crippen molar-refractivity contribution in [3.05, 3.63) is 47.5 Å². The highest BCUT2D eigenvalue weighted by Gasteiger charge is 2.27. The molecule has 0 radical (unpaired) electrons. The van der Waals surface area contributed by atoms with Gasteiger partial charge in [0.1, 0.15) is 5.75 Å². The number of aryl methyl sites for hydroxylation is 1. The molecule has 1 fully saturated rings. The molecule has 1 aliphatic heterocycles. The van der Waals surface area contributed by atoms with Gasteiger partial charge < -0.3 is 19.5 Å². The molecule has 1 saturated heterocycles. The van der Waals surface area contributed by atoms with Crippen molar-refractivity contribution in [1.29, 1.82) is 0 Å². The molecule has 2 aromatic rings. The predicted octanol–water partition coefficient (Wildman–Crippen LogP) is 3.14. The lowest BCUT2D eigenvalue weighted by Crippen LogP contribution is -2.28. The van der Waals surface area contributed by atoms with Crippen LogP contribution in [0.3, 0.4) is 0 Å². The van der Waals surface area contributed by atoms with E-state index in [0.29, 0.717) is 55.5 Å². The van der Waals surface area contributed by atoms with Crippen molar-refractivity contribution >= 4 is 15.9 Å². The van der Waals surface area contributed by atoms with Crippen LogP contribution in [-0.4, -0.2) is 52.5 Å². The summed E-state index contributed by atoms with van der Waals surface area (Å²) in [4.78, 5) is 12.7. The molecule has 33 heavy (non-hydrogen) atoms. The first kappa shape index (κ1) is 24.9. The fourth-order valence-corrected chi connectivity index (χ4v) is 5.39. The molecular formula is C24H32N2O6S. The lowest BCUT2D eigenvalue weighted by atomic mass is 10.1. The summed E-state index contributed by atoms with van der Waals surface area (Å²) in [5.74, 6) is 1.70. The molecule has 8 nitrogen and oxygen atoms in total. The molecule has 1 aliphatic rings. The summed E-state index contributed by atoms with van der Waals surface area (Å²) in [6.07, 6.45) is 2.33. The smallest absolute Gasteiger partial charge is 0.243 e. The number of amides is 1. The number of methoxy groups -OCH3 is 2. The molecule has 0 bridgehead atoms. The van der Waals surface area contributed by atoms with Gasteiger partial charge in [0.25, 0.3) is 0 Å². The van der Waals surface area contributed by atoms with Gasteiger partial charge in [0.15, 0.2) is 11.5 Å². The van der Waals surface area contributed by atoms with Gasteiger partial charge in [-0.3, -0.25) is 4.79 Å². The van der Waals surface area contributed by atoms with Crippen molar-refractivity contribution in [1.82, 2.24) is 9.62 Å². The number of nitrogens with zero attached hydrogens (tertiary/aromatic N) is 1. The fraction of sp³-hybridized carbons (Fsp3) is 0.458. The molecule has 0 saturated carbocycles. The monoisotopic (exact) mass is 476 g/mol. The Labute approximate surface area is 195 Å². The van der Waals surface area contributed by atoms with Gasteiger partial charge >= 0.3 is 0 Å². The van der Waals surface area contributed by atoms with Crippen LogP contribution in [0.4, 0.5) is 0 Å². The second-order valence-electron chi connectivity index (χ2n) is 7.78. The summed E-state index contributed by atoms with van der Waals surface area (Å²) in [5, 5.41) is 2.90.